The summed E-state index contributed by atoms with van der Waals surface area (Å²) in [6.45, 7) is 4.58. The third kappa shape index (κ3) is 4.53. The smallest absolute Gasteiger partial charge is 0.223 e. The van der Waals surface area contributed by atoms with Gasteiger partial charge in [0.1, 0.15) is 5.01 Å². The predicted molar refractivity (Wildman–Crippen MR) is 97.0 cm³/mol. The molecule has 0 spiro atoms. The fourth-order valence-corrected chi connectivity index (χ4v) is 3.35. The van der Waals surface area contributed by atoms with E-state index in [1.165, 1.54) is 0 Å². The molecule has 0 saturated carbocycles. The molecule has 2 heterocycles. The third-order valence-corrected chi connectivity index (χ3v) is 5.13. The summed E-state index contributed by atoms with van der Waals surface area (Å²) in [6.07, 6.45) is 0.782. The van der Waals surface area contributed by atoms with E-state index in [-0.39, 0.29) is 24.2 Å². The summed E-state index contributed by atoms with van der Waals surface area (Å²) in [7, 11) is 0. The average molecular weight is 352 g/mol. The first-order valence-electron chi connectivity index (χ1n) is 7.72. The number of amides is 1. The minimum absolute atomic E-state index is 0. The molecule has 124 valence electrons. The van der Waals surface area contributed by atoms with Crippen LogP contribution in [0.4, 0.5) is 0 Å². The van der Waals surface area contributed by atoms with Crippen molar-refractivity contribution in [2.75, 3.05) is 19.6 Å². The van der Waals surface area contributed by atoms with E-state index in [2.05, 4.69) is 33.1 Å². The van der Waals surface area contributed by atoms with Gasteiger partial charge in [-0.1, -0.05) is 37.3 Å². The van der Waals surface area contributed by atoms with Crippen molar-refractivity contribution in [3.05, 3.63) is 41.4 Å². The van der Waals surface area contributed by atoms with Gasteiger partial charge in [0, 0.05) is 29.8 Å². The Morgan fingerprint density at radius 3 is 2.78 bits per heavy atom. The van der Waals surface area contributed by atoms with Gasteiger partial charge in [-0.15, -0.1) is 23.7 Å². The first kappa shape index (κ1) is 17.9. The number of hydrogen-bond donors (Lipinski definition) is 2. The maximum Gasteiger partial charge on any atom is 0.223 e. The lowest BCUT2D eigenvalue weighted by molar-refractivity contribution is -0.126. The van der Waals surface area contributed by atoms with Gasteiger partial charge in [-0.2, -0.15) is 0 Å². The number of halogens is 1. The minimum atomic E-state index is 0. The second kappa shape index (κ2) is 8.43. The van der Waals surface area contributed by atoms with Crippen molar-refractivity contribution in [2.45, 2.75) is 13.3 Å². The van der Waals surface area contributed by atoms with Crippen LogP contribution in [0.2, 0.25) is 0 Å². The zero-order valence-electron chi connectivity index (χ0n) is 13.1. The van der Waals surface area contributed by atoms with E-state index < -0.39 is 0 Å². The molecule has 2 aromatic rings. The van der Waals surface area contributed by atoms with Crippen LogP contribution in [0.1, 0.15) is 12.6 Å². The Morgan fingerprint density at radius 2 is 2.13 bits per heavy atom. The maximum atomic E-state index is 12.0. The van der Waals surface area contributed by atoms with Crippen LogP contribution in [-0.4, -0.2) is 30.5 Å². The Labute approximate surface area is 147 Å². The first-order chi connectivity index (χ1) is 10.7. The summed E-state index contributed by atoms with van der Waals surface area (Å²) < 4.78 is 0. The molecule has 2 N–H and O–H groups in total. The second-order valence-corrected chi connectivity index (χ2v) is 6.62. The molecule has 1 aliphatic rings. The Kier molecular flexibility index (Phi) is 6.57. The minimum Gasteiger partial charge on any atom is -0.355 e. The first-order valence-corrected chi connectivity index (χ1v) is 8.60. The van der Waals surface area contributed by atoms with E-state index in [1.54, 1.807) is 11.3 Å². The van der Waals surface area contributed by atoms with Gasteiger partial charge in [-0.05, 0) is 19.0 Å². The van der Waals surface area contributed by atoms with Crippen LogP contribution in [0.5, 0.6) is 0 Å². The molecule has 3 rings (SSSR count). The number of benzene rings is 1. The van der Waals surface area contributed by atoms with Gasteiger partial charge < -0.3 is 10.6 Å². The Balaban J connectivity index is 0.00000192. The SMILES string of the molecule is CC(C(=O)NCCc1csc(-c2ccccc2)n1)C1CNC1.Cl. The molecule has 1 aromatic carbocycles. The van der Waals surface area contributed by atoms with E-state index in [4.69, 9.17) is 0 Å². The number of nitrogens with zero attached hydrogens (tertiary/aromatic N) is 1. The van der Waals surface area contributed by atoms with Crippen LogP contribution in [-0.2, 0) is 11.2 Å². The van der Waals surface area contributed by atoms with Crippen LogP contribution in [0.15, 0.2) is 35.7 Å². The van der Waals surface area contributed by atoms with Crippen molar-refractivity contribution in [2.24, 2.45) is 11.8 Å². The Bertz CT molecular complexity index is 628. The van der Waals surface area contributed by atoms with Crippen LogP contribution < -0.4 is 10.6 Å². The number of carbonyl (C=O) groups is 1. The molecule has 1 aromatic heterocycles. The third-order valence-electron chi connectivity index (χ3n) is 4.19. The highest BCUT2D eigenvalue weighted by atomic mass is 35.5. The van der Waals surface area contributed by atoms with Gasteiger partial charge in [-0.3, -0.25) is 4.79 Å². The zero-order chi connectivity index (χ0) is 15.4. The fourth-order valence-electron chi connectivity index (χ4n) is 2.49. The summed E-state index contributed by atoms with van der Waals surface area (Å²) >= 11 is 1.65. The number of thiazole rings is 1. The van der Waals surface area contributed by atoms with Crippen LogP contribution >= 0.6 is 23.7 Å². The summed E-state index contributed by atoms with van der Waals surface area (Å²) in [6, 6.07) is 10.2. The van der Waals surface area contributed by atoms with Crippen molar-refractivity contribution in [1.29, 1.82) is 0 Å². The highest BCUT2D eigenvalue weighted by molar-refractivity contribution is 7.13. The molecule has 1 amide bonds. The maximum absolute atomic E-state index is 12.0. The van der Waals surface area contributed by atoms with Gasteiger partial charge in [0.2, 0.25) is 5.91 Å². The highest BCUT2D eigenvalue weighted by Gasteiger charge is 2.28. The van der Waals surface area contributed by atoms with E-state index in [0.29, 0.717) is 12.5 Å². The summed E-state index contributed by atoms with van der Waals surface area (Å²) in [5, 5.41) is 9.35. The van der Waals surface area contributed by atoms with Gasteiger partial charge in [-0.25, -0.2) is 4.98 Å². The van der Waals surface area contributed by atoms with Gasteiger partial charge in [0.05, 0.1) is 5.69 Å². The Hall–Kier alpha value is -1.43. The number of carbonyl (C=O) groups excluding carboxylic acids is 1. The zero-order valence-corrected chi connectivity index (χ0v) is 14.8. The molecule has 0 radical (unpaired) electrons. The van der Waals surface area contributed by atoms with Crippen molar-refractivity contribution >= 4 is 29.7 Å². The lowest BCUT2D eigenvalue weighted by Gasteiger charge is -2.31. The van der Waals surface area contributed by atoms with Crippen LogP contribution in [0, 0.1) is 11.8 Å². The molecular formula is C17H22ClN3OS. The number of hydrogen-bond acceptors (Lipinski definition) is 4. The number of nitrogens with one attached hydrogen (secondary N) is 2. The van der Waals surface area contributed by atoms with Gasteiger partial charge in [0.25, 0.3) is 0 Å². The quantitative estimate of drug-likeness (QED) is 0.841. The van der Waals surface area contributed by atoms with Crippen molar-refractivity contribution in [1.82, 2.24) is 15.6 Å². The largest absolute Gasteiger partial charge is 0.355 e. The van der Waals surface area contributed by atoms with E-state index >= 15 is 0 Å². The molecule has 1 saturated heterocycles. The van der Waals surface area contributed by atoms with Crippen molar-refractivity contribution < 1.29 is 4.79 Å². The molecule has 6 heteroatoms. The molecular weight excluding hydrogens is 330 g/mol. The fraction of sp³-hybridized carbons (Fsp3) is 0.412. The van der Waals surface area contributed by atoms with E-state index in [1.807, 2.05) is 25.1 Å². The number of rotatable bonds is 6. The normalized spacial score (nSPS) is 15.3. The molecule has 1 atom stereocenters. The van der Waals surface area contributed by atoms with Gasteiger partial charge in [0.15, 0.2) is 0 Å². The molecule has 1 aliphatic heterocycles. The standard InChI is InChI=1S/C17H21N3OS.ClH/c1-12(14-9-18-10-14)16(21)19-8-7-15-11-22-17(20-15)13-5-3-2-4-6-13;/h2-6,11-12,14,18H,7-10H2,1H3,(H,19,21);1H. The topological polar surface area (TPSA) is 54.0 Å². The monoisotopic (exact) mass is 351 g/mol. The lowest BCUT2D eigenvalue weighted by Crippen LogP contribution is -2.49. The van der Waals surface area contributed by atoms with E-state index in [0.717, 1.165) is 35.8 Å². The molecule has 1 unspecified atom stereocenters. The van der Waals surface area contributed by atoms with E-state index in [9.17, 15) is 4.79 Å². The Morgan fingerprint density at radius 1 is 1.39 bits per heavy atom. The second-order valence-electron chi connectivity index (χ2n) is 5.76. The highest BCUT2D eigenvalue weighted by Crippen LogP contribution is 2.23. The molecule has 0 bridgehead atoms. The summed E-state index contributed by atoms with van der Waals surface area (Å²) in [4.78, 5) is 16.7. The average Bonchev–Trinajstić information content (AvgIpc) is 2.95. The number of aromatic nitrogens is 1. The molecule has 4 nitrogen and oxygen atoms in total. The molecule has 1 fully saturated rings. The summed E-state index contributed by atoms with van der Waals surface area (Å²) in [5.74, 6) is 0.741. The lowest BCUT2D eigenvalue weighted by atomic mass is 9.88. The van der Waals surface area contributed by atoms with Crippen molar-refractivity contribution in [3.8, 4) is 10.6 Å². The van der Waals surface area contributed by atoms with Crippen LogP contribution in [0.3, 0.4) is 0 Å². The van der Waals surface area contributed by atoms with Crippen LogP contribution in [0.25, 0.3) is 10.6 Å². The molecule has 23 heavy (non-hydrogen) atoms. The predicted octanol–water partition coefficient (Wildman–Crippen LogP) is 2.75. The molecule has 0 aliphatic carbocycles. The summed E-state index contributed by atoms with van der Waals surface area (Å²) in [5.41, 5.74) is 2.19. The van der Waals surface area contributed by atoms with Crippen molar-refractivity contribution in [3.63, 3.8) is 0 Å². The van der Waals surface area contributed by atoms with Gasteiger partial charge >= 0.3 is 0 Å².